The Balaban J connectivity index is 1.99. The SMILES string of the molecule is CCOC(=O)c1c(-c2ccc(OC)cc2)csc1NC(=O)c1cccnc1SC. The van der Waals surface area contributed by atoms with E-state index in [2.05, 4.69) is 10.3 Å². The van der Waals surface area contributed by atoms with Crippen LogP contribution in [0.1, 0.15) is 27.6 Å². The van der Waals surface area contributed by atoms with E-state index in [0.29, 0.717) is 26.7 Å². The van der Waals surface area contributed by atoms with Crippen molar-refractivity contribution in [3.63, 3.8) is 0 Å². The number of anilines is 1. The van der Waals surface area contributed by atoms with E-state index >= 15 is 0 Å². The number of nitrogens with zero attached hydrogens (tertiary/aromatic N) is 1. The van der Waals surface area contributed by atoms with Crippen molar-refractivity contribution in [3.8, 4) is 16.9 Å². The first-order chi connectivity index (χ1) is 14.1. The first-order valence-electron chi connectivity index (χ1n) is 8.82. The normalized spacial score (nSPS) is 10.4. The molecule has 0 unspecified atom stereocenters. The van der Waals surface area contributed by atoms with Gasteiger partial charge < -0.3 is 14.8 Å². The van der Waals surface area contributed by atoms with Gasteiger partial charge in [-0.15, -0.1) is 23.1 Å². The number of thioether (sulfide) groups is 1. The lowest BCUT2D eigenvalue weighted by Crippen LogP contribution is -2.16. The summed E-state index contributed by atoms with van der Waals surface area (Å²) in [6.45, 7) is 1.99. The lowest BCUT2D eigenvalue weighted by molar-refractivity contribution is 0.0529. The highest BCUT2D eigenvalue weighted by atomic mass is 32.2. The fourth-order valence-electron chi connectivity index (χ4n) is 2.74. The second-order valence-electron chi connectivity index (χ2n) is 5.82. The fraction of sp³-hybridized carbons (Fsp3) is 0.190. The Bertz CT molecular complexity index is 1020. The molecular formula is C21H20N2O4S2. The largest absolute Gasteiger partial charge is 0.497 e. The quantitative estimate of drug-likeness (QED) is 0.423. The number of pyridine rings is 1. The molecule has 0 spiro atoms. The monoisotopic (exact) mass is 428 g/mol. The van der Waals surface area contributed by atoms with Crippen molar-refractivity contribution in [2.75, 3.05) is 25.3 Å². The number of amides is 1. The number of thiophene rings is 1. The van der Waals surface area contributed by atoms with Crippen molar-refractivity contribution in [1.29, 1.82) is 0 Å². The molecule has 2 aromatic heterocycles. The third-order valence-electron chi connectivity index (χ3n) is 4.11. The van der Waals surface area contributed by atoms with Crippen LogP contribution in [0, 0.1) is 0 Å². The Hall–Kier alpha value is -2.84. The highest BCUT2D eigenvalue weighted by Crippen LogP contribution is 2.37. The van der Waals surface area contributed by atoms with Crippen LogP contribution in [-0.4, -0.2) is 36.8 Å². The maximum atomic E-state index is 12.8. The van der Waals surface area contributed by atoms with Crippen molar-refractivity contribution in [2.45, 2.75) is 11.9 Å². The third kappa shape index (κ3) is 4.60. The minimum absolute atomic E-state index is 0.239. The number of hydrogen-bond acceptors (Lipinski definition) is 7. The topological polar surface area (TPSA) is 77.5 Å². The molecular weight excluding hydrogens is 408 g/mol. The number of aromatic nitrogens is 1. The van der Waals surface area contributed by atoms with Crippen molar-refractivity contribution in [1.82, 2.24) is 4.98 Å². The van der Waals surface area contributed by atoms with Gasteiger partial charge in [0.2, 0.25) is 0 Å². The lowest BCUT2D eigenvalue weighted by atomic mass is 10.0. The Morgan fingerprint density at radius 3 is 2.62 bits per heavy atom. The fourth-order valence-corrected chi connectivity index (χ4v) is 4.23. The van der Waals surface area contributed by atoms with Gasteiger partial charge in [0.1, 0.15) is 21.3 Å². The summed E-state index contributed by atoms with van der Waals surface area (Å²) in [4.78, 5) is 29.7. The van der Waals surface area contributed by atoms with Crippen LogP contribution in [0.15, 0.2) is 53.0 Å². The van der Waals surface area contributed by atoms with Crippen LogP contribution in [-0.2, 0) is 4.74 Å². The maximum Gasteiger partial charge on any atom is 0.341 e. The number of ether oxygens (including phenoxy) is 2. The van der Waals surface area contributed by atoms with Gasteiger partial charge in [-0.05, 0) is 43.0 Å². The molecule has 0 aliphatic heterocycles. The van der Waals surface area contributed by atoms with Crippen LogP contribution in [0.3, 0.4) is 0 Å². The van der Waals surface area contributed by atoms with E-state index in [0.717, 1.165) is 11.3 Å². The second-order valence-corrected chi connectivity index (χ2v) is 7.49. The number of nitrogens with one attached hydrogen (secondary N) is 1. The average molecular weight is 429 g/mol. The zero-order valence-electron chi connectivity index (χ0n) is 16.2. The van der Waals surface area contributed by atoms with E-state index in [1.54, 1.807) is 32.4 Å². The van der Waals surface area contributed by atoms with E-state index in [-0.39, 0.29) is 12.5 Å². The van der Waals surface area contributed by atoms with Gasteiger partial charge in [0, 0.05) is 17.1 Å². The summed E-state index contributed by atoms with van der Waals surface area (Å²) in [5.74, 6) is -0.0846. The smallest absolute Gasteiger partial charge is 0.341 e. The molecule has 3 rings (SSSR count). The highest BCUT2D eigenvalue weighted by Gasteiger charge is 2.24. The van der Waals surface area contributed by atoms with E-state index in [1.165, 1.54) is 23.1 Å². The number of methoxy groups -OCH3 is 1. The van der Waals surface area contributed by atoms with Crippen LogP contribution in [0.2, 0.25) is 0 Å². The minimum Gasteiger partial charge on any atom is -0.497 e. The molecule has 0 radical (unpaired) electrons. The molecule has 1 N–H and O–H groups in total. The molecule has 0 bridgehead atoms. The summed E-state index contributed by atoms with van der Waals surface area (Å²) in [7, 11) is 1.60. The molecule has 0 aliphatic carbocycles. The summed E-state index contributed by atoms with van der Waals surface area (Å²) in [6.07, 6.45) is 3.50. The standard InChI is InChI=1S/C21H20N2O4S2/c1-4-27-21(25)17-16(13-7-9-14(26-2)10-8-13)12-29-20(17)23-18(24)15-6-5-11-22-19(15)28-3/h5-12H,4H2,1-3H3,(H,23,24). The summed E-state index contributed by atoms with van der Waals surface area (Å²) in [5.41, 5.74) is 2.32. The molecule has 2 heterocycles. The van der Waals surface area contributed by atoms with E-state index in [9.17, 15) is 9.59 Å². The van der Waals surface area contributed by atoms with Crippen molar-refractivity contribution < 1.29 is 19.1 Å². The van der Waals surface area contributed by atoms with Gasteiger partial charge in [-0.25, -0.2) is 9.78 Å². The van der Waals surface area contributed by atoms with Crippen LogP contribution in [0.5, 0.6) is 5.75 Å². The average Bonchev–Trinajstić information content (AvgIpc) is 3.17. The first kappa shape index (κ1) is 20.9. The lowest BCUT2D eigenvalue weighted by Gasteiger charge is -2.10. The van der Waals surface area contributed by atoms with Gasteiger partial charge in [-0.2, -0.15) is 0 Å². The molecule has 0 saturated heterocycles. The second kappa shape index (κ2) is 9.58. The molecule has 0 fully saturated rings. The Morgan fingerprint density at radius 2 is 1.97 bits per heavy atom. The summed E-state index contributed by atoms with van der Waals surface area (Å²) in [6, 6.07) is 10.8. The van der Waals surface area contributed by atoms with E-state index in [4.69, 9.17) is 9.47 Å². The summed E-state index contributed by atoms with van der Waals surface area (Å²) >= 11 is 2.67. The van der Waals surface area contributed by atoms with Gasteiger partial charge in [0.05, 0.1) is 19.3 Å². The van der Waals surface area contributed by atoms with Crippen LogP contribution in [0.4, 0.5) is 5.00 Å². The summed E-state index contributed by atoms with van der Waals surface area (Å²) < 4.78 is 10.4. The zero-order valence-corrected chi connectivity index (χ0v) is 17.9. The van der Waals surface area contributed by atoms with Crippen LogP contribution < -0.4 is 10.1 Å². The predicted octanol–water partition coefficient (Wildman–Crippen LogP) is 4.97. The van der Waals surface area contributed by atoms with Gasteiger partial charge in [0.25, 0.3) is 5.91 Å². The van der Waals surface area contributed by atoms with Gasteiger partial charge in [-0.3, -0.25) is 4.79 Å². The number of esters is 1. The molecule has 0 atom stereocenters. The third-order valence-corrected chi connectivity index (χ3v) is 5.72. The number of carbonyl (C=O) groups excluding carboxylic acids is 2. The van der Waals surface area contributed by atoms with Crippen molar-refractivity contribution in [2.24, 2.45) is 0 Å². The number of hydrogen-bond donors (Lipinski definition) is 1. The predicted molar refractivity (Wildman–Crippen MR) is 116 cm³/mol. The van der Waals surface area contributed by atoms with Gasteiger partial charge in [0.15, 0.2) is 0 Å². The molecule has 3 aromatic rings. The number of carbonyl (C=O) groups is 2. The highest BCUT2D eigenvalue weighted by molar-refractivity contribution is 7.98. The zero-order chi connectivity index (χ0) is 20.8. The Labute approximate surface area is 177 Å². The molecule has 0 saturated carbocycles. The van der Waals surface area contributed by atoms with E-state index in [1.807, 2.05) is 35.9 Å². The molecule has 6 nitrogen and oxygen atoms in total. The van der Waals surface area contributed by atoms with Crippen molar-refractivity contribution in [3.05, 3.63) is 59.1 Å². The molecule has 29 heavy (non-hydrogen) atoms. The van der Waals surface area contributed by atoms with Gasteiger partial charge in [-0.1, -0.05) is 12.1 Å². The summed E-state index contributed by atoms with van der Waals surface area (Å²) in [5, 5.41) is 5.75. The Kier molecular flexibility index (Phi) is 6.90. The number of rotatable bonds is 7. The molecule has 8 heteroatoms. The molecule has 1 amide bonds. The molecule has 0 aliphatic rings. The first-order valence-corrected chi connectivity index (χ1v) is 10.9. The van der Waals surface area contributed by atoms with E-state index < -0.39 is 5.97 Å². The van der Waals surface area contributed by atoms with Crippen molar-refractivity contribution >= 4 is 40.0 Å². The number of benzene rings is 1. The van der Waals surface area contributed by atoms with Crippen LogP contribution >= 0.6 is 23.1 Å². The molecule has 150 valence electrons. The molecule has 1 aromatic carbocycles. The van der Waals surface area contributed by atoms with Gasteiger partial charge >= 0.3 is 5.97 Å². The maximum absolute atomic E-state index is 12.8. The Morgan fingerprint density at radius 1 is 1.21 bits per heavy atom. The minimum atomic E-state index is -0.480. The van der Waals surface area contributed by atoms with Crippen LogP contribution in [0.25, 0.3) is 11.1 Å².